The van der Waals surface area contributed by atoms with E-state index >= 15 is 0 Å². The van der Waals surface area contributed by atoms with Gasteiger partial charge in [0, 0.05) is 18.0 Å². The highest BCUT2D eigenvalue weighted by Gasteiger charge is 2.14. The van der Waals surface area contributed by atoms with Crippen LogP contribution < -0.4 is 16.8 Å². The first-order valence-corrected chi connectivity index (χ1v) is 7.55. The van der Waals surface area contributed by atoms with Crippen LogP contribution in [0.1, 0.15) is 30.1 Å². The van der Waals surface area contributed by atoms with Gasteiger partial charge in [0.15, 0.2) is 0 Å². The van der Waals surface area contributed by atoms with Crippen molar-refractivity contribution in [3.8, 4) is 0 Å². The molecular weight excluding hydrogens is 260 g/mol. The second-order valence-electron chi connectivity index (χ2n) is 5.48. The summed E-state index contributed by atoms with van der Waals surface area (Å²) in [5, 5.41) is 4.47. The van der Waals surface area contributed by atoms with E-state index < -0.39 is 0 Å². The van der Waals surface area contributed by atoms with Gasteiger partial charge in [0.25, 0.3) is 0 Å². The van der Waals surface area contributed by atoms with Crippen LogP contribution >= 0.6 is 0 Å². The largest absolute Gasteiger partial charge is 0.330 e. The average Bonchev–Trinajstić information content (AvgIpc) is 2.55. The molecule has 3 rings (SSSR count). The zero-order valence-corrected chi connectivity index (χ0v) is 12.2. The minimum absolute atomic E-state index is 0.0380. The molecule has 1 aliphatic heterocycles. The molecule has 4 heteroatoms. The molecule has 0 spiro atoms. The highest BCUT2D eigenvalue weighted by atomic mass is 14.9. The van der Waals surface area contributed by atoms with Gasteiger partial charge in [0.2, 0.25) is 0 Å². The van der Waals surface area contributed by atoms with Gasteiger partial charge in [-0.25, -0.2) is 4.98 Å². The monoisotopic (exact) mass is 282 g/mol. The average molecular weight is 282 g/mol. The SMILES string of the molecule is NCCC(N)c1cc(C2=CCNCC2)nc2ccccc12. The van der Waals surface area contributed by atoms with E-state index in [9.17, 15) is 0 Å². The summed E-state index contributed by atoms with van der Waals surface area (Å²) in [6.07, 6.45) is 4.02. The van der Waals surface area contributed by atoms with Crippen LogP contribution in [-0.4, -0.2) is 24.6 Å². The van der Waals surface area contributed by atoms with Crippen molar-refractivity contribution in [2.45, 2.75) is 18.9 Å². The van der Waals surface area contributed by atoms with E-state index in [1.807, 2.05) is 12.1 Å². The Morgan fingerprint density at radius 1 is 1.29 bits per heavy atom. The smallest absolute Gasteiger partial charge is 0.0712 e. The summed E-state index contributed by atoms with van der Waals surface area (Å²) in [6.45, 7) is 2.51. The topological polar surface area (TPSA) is 77.0 Å². The van der Waals surface area contributed by atoms with Crippen LogP contribution in [0.5, 0.6) is 0 Å². The summed E-state index contributed by atoms with van der Waals surface area (Å²) in [7, 11) is 0. The molecule has 0 saturated carbocycles. The van der Waals surface area contributed by atoms with Crippen molar-refractivity contribution in [3.63, 3.8) is 0 Å². The minimum atomic E-state index is -0.0380. The lowest BCUT2D eigenvalue weighted by Crippen LogP contribution is -2.21. The van der Waals surface area contributed by atoms with E-state index in [4.69, 9.17) is 16.5 Å². The van der Waals surface area contributed by atoms with Crippen molar-refractivity contribution in [2.24, 2.45) is 11.5 Å². The molecule has 0 saturated heterocycles. The molecule has 21 heavy (non-hydrogen) atoms. The molecule has 1 atom stereocenters. The molecule has 1 unspecified atom stereocenters. The van der Waals surface area contributed by atoms with Gasteiger partial charge < -0.3 is 16.8 Å². The van der Waals surface area contributed by atoms with E-state index in [0.717, 1.165) is 48.1 Å². The van der Waals surface area contributed by atoms with E-state index in [1.165, 1.54) is 5.57 Å². The first kappa shape index (κ1) is 14.2. The number of rotatable bonds is 4. The molecule has 1 aromatic heterocycles. The summed E-state index contributed by atoms with van der Waals surface area (Å²) < 4.78 is 0. The van der Waals surface area contributed by atoms with Gasteiger partial charge >= 0.3 is 0 Å². The molecular formula is C17H22N4. The summed E-state index contributed by atoms with van der Waals surface area (Å²) in [4.78, 5) is 4.82. The van der Waals surface area contributed by atoms with Crippen LogP contribution in [0.3, 0.4) is 0 Å². The van der Waals surface area contributed by atoms with Gasteiger partial charge in [0.1, 0.15) is 0 Å². The number of para-hydroxylation sites is 1. The fourth-order valence-electron chi connectivity index (χ4n) is 2.86. The number of pyridine rings is 1. The van der Waals surface area contributed by atoms with E-state index in [1.54, 1.807) is 0 Å². The first-order valence-electron chi connectivity index (χ1n) is 7.55. The number of fused-ring (bicyclic) bond motifs is 1. The van der Waals surface area contributed by atoms with Gasteiger partial charge in [-0.05, 0) is 49.2 Å². The highest BCUT2D eigenvalue weighted by molar-refractivity contribution is 5.85. The van der Waals surface area contributed by atoms with Gasteiger partial charge in [-0.1, -0.05) is 24.3 Å². The lowest BCUT2D eigenvalue weighted by molar-refractivity contribution is 0.665. The molecule has 110 valence electrons. The van der Waals surface area contributed by atoms with E-state index in [-0.39, 0.29) is 6.04 Å². The standard InChI is InChI=1S/C17H22N4/c18-8-5-15(19)14-11-17(12-6-9-20-10-7-12)21-16-4-2-1-3-13(14)16/h1-4,6,11,15,20H,5,7-10,18-19H2. The quantitative estimate of drug-likeness (QED) is 0.801. The lowest BCUT2D eigenvalue weighted by Gasteiger charge is -2.18. The Bertz CT molecular complexity index is 663. The second kappa shape index (κ2) is 6.35. The zero-order chi connectivity index (χ0) is 14.7. The van der Waals surface area contributed by atoms with E-state index in [0.29, 0.717) is 6.54 Å². The molecule has 0 radical (unpaired) electrons. The zero-order valence-electron chi connectivity index (χ0n) is 12.2. The molecule has 1 aromatic carbocycles. The summed E-state index contributed by atoms with van der Waals surface area (Å²) >= 11 is 0. The minimum Gasteiger partial charge on any atom is -0.330 e. The molecule has 0 bridgehead atoms. The molecule has 0 aliphatic carbocycles. The maximum Gasteiger partial charge on any atom is 0.0712 e. The number of benzene rings is 1. The van der Waals surface area contributed by atoms with Gasteiger partial charge in [0.05, 0.1) is 11.2 Å². The normalized spacial score (nSPS) is 16.8. The Kier molecular flexibility index (Phi) is 4.29. The van der Waals surface area contributed by atoms with Crippen LogP contribution in [0.4, 0.5) is 0 Å². The van der Waals surface area contributed by atoms with Crippen molar-refractivity contribution in [3.05, 3.63) is 47.7 Å². The number of nitrogens with zero attached hydrogens (tertiary/aromatic N) is 1. The van der Waals surface area contributed by atoms with Crippen molar-refractivity contribution in [1.82, 2.24) is 10.3 Å². The number of hydrogen-bond donors (Lipinski definition) is 3. The van der Waals surface area contributed by atoms with Gasteiger partial charge in [-0.3, -0.25) is 0 Å². The summed E-state index contributed by atoms with van der Waals surface area (Å²) in [6, 6.07) is 10.3. The van der Waals surface area contributed by atoms with Crippen LogP contribution in [0.25, 0.3) is 16.5 Å². The maximum absolute atomic E-state index is 6.33. The Hall–Kier alpha value is -1.75. The van der Waals surface area contributed by atoms with Crippen LogP contribution in [0.2, 0.25) is 0 Å². The third kappa shape index (κ3) is 2.97. The Labute approximate surface area is 125 Å². The number of nitrogens with one attached hydrogen (secondary N) is 1. The summed E-state index contributed by atoms with van der Waals surface area (Å²) in [5.41, 5.74) is 16.5. The number of nitrogens with two attached hydrogens (primary N) is 2. The molecule has 0 fully saturated rings. The van der Waals surface area contributed by atoms with Crippen molar-refractivity contribution < 1.29 is 0 Å². The molecule has 5 N–H and O–H groups in total. The predicted octanol–water partition coefficient (Wildman–Crippen LogP) is 1.96. The third-order valence-corrected chi connectivity index (χ3v) is 4.02. The Balaban J connectivity index is 2.12. The molecule has 4 nitrogen and oxygen atoms in total. The Morgan fingerprint density at radius 3 is 2.90 bits per heavy atom. The van der Waals surface area contributed by atoms with Crippen LogP contribution in [0, 0.1) is 0 Å². The van der Waals surface area contributed by atoms with Crippen LogP contribution in [-0.2, 0) is 0 Å². The Morgan fingerprint density at radius 2 is 2.14 bits per heavy atom. The fraction of sp³-hybridized carbons (Fsp3) is 0.353. The second-order valence-corrected chi connectivity index (χ2v) is 5.48. The predicted molar refractivity (Wildman–Crippen MR) is 87.8 cm³/mol. The molecule has 2 aromatic rings. The maximum atomic E-state index is 6.33. The fourth-order valence-corrected chi connectivity index (χ4v) is 2.86. The number of aromatic nitrogens is 1. The van der Waals surface area contributed by atoms with Crippen LogP contribution in [0.15, 0.2) is 36.4 Å². The third-order valence-electron chi connectivity index (χ3n) is 4.02. The van der Waals surface area contributed by atoms with Crippen molar-refractivity contribution in [1.29, 1.82) is 0 Å². The molecule has 1 aliphatic rings. The first-order chi connectivity index (χ1) is 10.3. The molecule has 0 amide bonds. The van der Waals surface area contributed by atoms with Crippen molar-refractivity contribution >= 4 is 16.5 Å². The molecule has 2 heterocycles. The lowest BCUT2D eigenvalue weighted by atomic mass is 9.96. The van der Waals surface area contributed by atoms with E-state index in [2.05, 4.69) is 29.6 Å². The van der Waals surface area contributed by atoms with Gasteiger partial charge in [-0.15, -0.1) is 0 Å². The number of hydrogen-bond acceptors (Lipinski definition) is 4. The van der Waals surface area contributed by atoms with Gasteiger partial charge in [-0.2, -0.15) is 0 Å². The highest BCUT2D eigenvalue weighted by Crippen LogP contribution is 2.28. The van der Waals surface area contributed by atoms with Crippen molar-refractivity contribution in [2.75, 3.05) is 19.6 Å². The summed E-state index contributed by atoms with van der Waals surface area (Å²) in [5.74, 6) is 0.